The Morgan fingerprint density at radius 2 is 2.14 bits per heavy atom. The van der Waals surface area contributed by atoms with Crippen LogP contribution in [0.1, 0.15) is 0 Å². The number of ether oxygens (including phenoxy) is 1. The van der Waals surface area contributed by atoms with E-state index in [4.69, 9.17) is 4.74 Å². The molecule has 0 spiro atoms. The molecule has 0 atom stereocenters. The maximum atomic E-state index is 12.1. The van der Waals surface area contributed by atoms with E-state index in [0.29, 0.717) is 17.1 Å². The van der Waals surface area contributed by atoms with Gasteiger partial charge in [0.05, 0.1) is 12.0 Å². The molecular formula is C15H14N2O2S2. The molecule has 2 aromatic heterocycles. The molecule has 0 unspecified atom stereocenters. The monoisotopic (exact) mass is 318 g/mol. The standard InChI is InChI=1S/C15H14N2O2S2/c1-19-7-8-20-15-16-13(18)11-9-12(21-14(11)17-15)10-5-3-2-4-6-10/h2-6,9H,7-8H2,1H3,(H,16,17,18). The number of nitrogens with one attached hydrogen (secondary N) is 1. The van der Waals surface area contributed by atoms with Crippen molar-refractivity contribution in [2.75, 3.05) is 19.5 Å². The summed E-state index contributed by atoms with van der Waals surface area (Å²) in [6.45, 7) is 0.631. The second-order valence-corrected chi connectivity index (χ2v) is 6.52. The Morgan fingerprint density at radius 3 is 2.90 bits per heavy atom. The van der Waals surface area contributed by atoms with Gasteiger partial charge in [-0.3, -0.25) is 4.79 Å². The van der Waals surface area contributed by atoms with Gasteiger partial charge in [-0.1, -0.05) is 42.1 Å². The van der Waals surface area contributed by atoms with Crippen LogP contribution in [-0.4, -0.2) is 29.4 Å². The lowest BCUT2D eigenvalue weighted by atomic mass is 10.2. The van der Waals surface area contributed by atoms with Gasteiger partial charge in [0.1, 0.15) is 4.83 Å². The van der Waals surface area contributed by atoms with Gasteiger partial charge in [-0.15, -0.1) is 11.3 Å². The van der Waals surface area contributed by atoms with Crippen LogP contribution in [0.5, 0.6) is 0 Å². The van der Waals surface area contributed by atoms with Crippen molar-refractivity contribution in [3.8, 4) is 10.4 Å². The van der Waals surface area contributed by atoms with Crippen molar-refractivity contribution in [1.82, 2.24) is 9.97 Å². The first-order valence-corrected chi connectivity index (χ1v) is 8.29. The summed E-state index contributed by atoms with van der Waals surface area (Å²) in [5.41, 5.74) is 1.02. The van der Waals surface area contributed by atoms with E-state index >= 15 is 0 Å². The smallest absolute Gasteiger partial charge is 0.260 e. The Labute approximate surface area is 130 Å². The van der Waals surface area contributed by atoms with Gasteiger partial charge in [0, 0.05) is 17.7 Å². The van der Waals surface area contributed by atoms with Gasteiger partial charge >= 0.3 is 0 Å². The van der Waals surface area contributed by atoms with Crippen molar-refractivity contribution >= 4 is 33.3 Å². The third-order valence-electron chi connectivity index (χ3n) is 2.97. The van der Waals surface area contributed by atoms with Crippen LogP contribution in [0.3, 0.4) is 0 Å². The number of H-pyrrole nitrogens is 1. The first-order valence-electron chi connectivity index (χ1n) is 6.49. The van der Waals surface area contributed by atoms with Crippen molar-refractivity contribution in [1.29, 1.82) is 0 Å². The number of thiophene rings is 1. The lowest BCUT2D eigenvalue weighted by Gasteiger charge is -1.99. The number of hydrogen-bond acceptors (Lipinski definition) is 5. The van der Waals surface area contributed by atoms with Crippen molar-refractivity contribution in [3.63, 3.8) is 0 Å². The molecular weight excluding hydrogens is 304 g/mol. The fraction of sp³-hybridized carbons (Fsp3) is 0.200. The maximum absolute atomic E-state index is 12.1. The Morgan fingerprint density at radius 1 is 1.33 bits per heavy atom. The molecule has 3 aromatic rings. The fourth-order valence-electron chi connectivity index (χ4n) is 1.95. The van der Waals surface area contributed by atoms with Crippen molar-refractivity contribution in [2.24, 2.45) is 0 Å². The predicted octanol–water partition coefficient (Wildman–Crippen LogP) is 3.39. The number of aromatic nitrogens is 2. The maximum Gasteiger partial charge on any atom is 0.260 e. The third kappa shape index (κ3) is 3.18. The van der Waals surface area contributed by atoms with E-state index in [9.17, 15) is 4.79 Å². The molecule has 1 aromatic carbocycles. The molecule has 0 saturated carbocycles. The van der Waals surface area contributed by atoms with E-state index in [1.165, 1.54) is 11.8 Å². The Kier molecular flexibility index (Phi) is 4.38. The van der Waals surface area contributed by atoms with Crippen LogP contribution < -0.4 is 5.56 Å². The zero-order valence-corrected chi connectivity index (χ0v) is 13.1. The summed E-state index contributed by atoms with van der Waals surface area (Å²) < 4.78 is 5.01. The number of fused-ring (bicyclic) bond motifs is 1. The second kappa shape index (κ2) is 6.43. The lowest BCUT2D eigenvalue weighted by molar-refractivity contribution is 0.218. The van der Waals surface area contributed by atoms with E-state index < -0.39 is 0 Å². The quantitative estimate of drug-likeness (QED) is 0.445. The number of aromatic amines is 1. The molecule has 2 heterocycles. The summed E-state index contributed by atoms with van der Waals surface area (Å²) in [5.74, 6) is 0.766. The molecule has 0 aliphatic rings. The molecule has 4 nitrogen and oxygen atoms in total. The average molecular weight is 318 g/mol. The number of methoxy groups -OCH3 is 1. The van der Waals surface area contributed by atoms with Gasteiger partial charge in [0.15, 0.2) is 5.16 Å². The fourth-order valence-corrected chi connectivity index (χ4v) is 3.81. The van der Waals surface area contributed by atoms with E-state index in [0.717, 1.165) is 21.0 Å². The van der Waals surface area contributed by atoms with E-state index in [1.54, 1.807) is 18.4 Å². The summed E-state index contributed by atoms with van der Waals surface area (Å²) in [5, 5.41) is 1.29. The second-order valence-electron chi connectivity index (χ2n) is 4.41. The SMILES string of the molecule is COCCSc1nc2sc(-c3ccccc3)cc2c(=O)[nH]1. The summed E-state index contributed by atoms with van der Waals surface area (Å²) in [6, 6.07) is 11.9. The van der Waals surface area contributed by atoms with Crippen LogP contribution in [-0.2, 0) is 4.74 Å². The minimum Gasteiger partial charge on any atom is -0.384 e. The van der Waals surface area contributed by atoms with Gasteiger partial charge in [-0.25, -0.2) is 4.98 Å². The number of nitrogens with zero attached hydrogens (tertiary/aromatic N) is 1. The van der Waals surface area contributed by atoms with Crippen molar-refractivity contribution in [3.05, 3.63) is 46.8 Å². The molecule has 0 radical (unpaired) electrons. The molecule has 0 amide bonds. The zero-order valence-electron chi connectivity index (χ0n) is 11.5. The van der Waals surface area contributed by atoms with Crippen LogP contribution >= 0.6 is 23.1 Å². The molecule has 21 heavy (non-hydrogen) atoms. The molecule has 108 valence electrons. The molecule has 1 N–H and O–H groups in total. The topological polar surface area (TPSA) is 55.0 Å². The first kappa shape index (κ1) is 14.3. The predicted molar refractivity (Wildman–Crippen MR) is 88.3 cm³/mol. The summed E-state index contributed by atoms with van der Waals surface area (Å²) in [4.78, 5) is 21.3. The van der Waals surface area contributed by atoms with Crippen LogP contribution in [0.2, 0.25) is 0 Å². The molecule has 0 fully saturated rings. The highest BCUT2D eigenvalue weighted by Gasteiger charge is 2.10. The highest BCUT2D eigenvalue weighted by atomic mass is 32.2. The Hall–Kier alpha value is -1.63. The first-order chi connectivity index (χ1) is 10.3. The van der Waals surface area contributed by atoms with E-state index in [1.807, 2.05) is 36.4 Å². The summed E-state index contributed by atoms with van der Waals surface area (Å²) >= 11 is 3.04. The lowest BCUT2D eigenvalue weighted by Crippen LogP contribution is -2.08. The Bertz CT molecular complexity index is 796. The van der Waals surface area contributed by atoms with Crippen LogP contribution in [0.25, 0.3) is 20.7 Å². The number of hydrogen-bond donors (Lipinski definition) is 1. The van der Waals surface area contributed by atoms with Gasteiger partial charge in [-0.2, -0.15) is 0 Å². The van der Waals surface area contributed by atoms with Crippen molar-refractivity contribution in [2.45, 2.75) is 5.16 Å². The van der Waals surface area contributed by atoms with Gasteiger partial charge in [0.25, 0.3) is 5.56 Å². The van der Waals surface area contributed by atoms with E-state index in [2.05, 4.69) is 9.97 Å². The molecule has 3 rings (SSSR count). The minimum absolute atomic E-state index is 0.0849. The largest absolute Gasteiger partial charge is 0.384 e. The van der Waals surface area contributed by atoms with Crippen LogP contribution in [0.15, 0.2) is 46.3 Å². The summed E-state index contributed by atoms with van der Waals surface area (Å²) in [7, 11) is 1.66. The number of thioether (sulfide) groups is 1. The van der Waals surface area contributed by atoms with Crippen LogP contribution in [0.4, 0.5) is 0 Å². The van der Waals surface area contributed by atoms with Gasteiger partial charge in [0.2, 0.25) is 0 Å². The minimum atomic E-state index is -0.0849. The highest BCUT2D eigenvalue weighted by Crippen LogP contribution is 2.31. The summed E-state index contributed by atoms with van der Waals surface area (Å²) in [6.07, 6.45) is 0. The highest BCUT2D eigenvalue weighted by molar-refractivity contribution is 7.99. The normalized spacial score (nSPS) is 11.1. The molecule has 0 bridgehead atoms. The van der Waals surface area contributed by atoms with Gasteiger partial charge in [-0.05, 0) is 11.6 Å². The van der Waals surface area contributed by atoms with Crippen molar-refractivity contribution < 1.29 is 4.74 Å². The molecule has 0 aliphatic carbocycles. The molecule has 0 aliphatic heterocycles. The molecule has 6 heteroatoms. The molecule has 0 saturated heterocycles. The number of benzene rings is 1. The third-order valence-corrected chi connectivity index (χ3v) is 4.88. The zero-order chi connectivity index (χ0) is 14.7. The van der Waals surface area contributed by atoms with Crippen LogP contribution in [0, 0.1) is 0 Å². The number of rotatable bonds is 5. The Balaban J connectivity index is 1.97. The van der Waals surface area contributed by atoms with Gasteiger partial charge < -0.3 is 9.72 Å². The average Bonchev–Trinajstić information content (AvgIpc) is 2.93. The van der Waals surface area contributed by atoms with E-state index in [-0.39, 0.29) is 5.56 Å².